The van der Waals surface area contributed by atoms with Gasteiger partial charge in [-0.15, -0.1) is 0 Å². The van der Waals surface area contributed by atoms with Crippen molar-refractivity contribution in [3.05, 3.63) is 0 Å². The Labute approximate surface area is 96.2 Å². The van der Waals surface area contributed by atoms with Crippen LogP contribution in [0.15, 0.2) is 0 Å². The first-order valence-corrected chi connectivity index (χ1v) is 0. The van der Waals surface area contributed by atoms with Crippen LogP contribution in [0.3, 0.4) is 0 Å². The Morgan fingerprint density at radius 2 is 0.429 bits per heavy atom. The molecule has 54 valence electrons. The molecule has 0 N–H and O–H groups in total. The Hall–Kier alpha value is 2.53. The first-order chi connectivity index (χ1) is 0. The summed E-state index contributed by atoms with van der Waals surface area (Å²) in [5.74, 6) is 0. The molecule has 0 heterocycles. The topological polar surface area (TPSA) is 0 Å². The third-order valence-electron chi connectivity index (χ3n) is 0. The molecule has 0 fully saturated rings. The van der Waals surface area contributed by atoms with Crippen LogP contribution in [0.4, 0.5) is 0 Å². The van der Waals surface area contributed by atoms with Gasteiger partial charge < -0.3 is 62.0 Å². The summed E-state index contributed by atoms with van der Waals surface area (Å²) in [7, 11) is 0. The van der Waals surface area contributed by atoms with E-state index in [-0.39, 0.29) is 97.1 Å². The van der Waals surface area contributed by atoms with Crippen molar-refractivity contribution in [2.24, 2.45) is 0 Å². The van der Waals surface area contributed by atoms with Crippen LogP contribution in [-0.2, 0) is 17.1 Å². The van der Waals surface area contributed by atoms with Gasteiger partial charge in [0.25, 0.3) is 0 Å². The van der Waals surface area contributed by atoms with E-state index in [1.807, 2.05) is 0 Å². The quantitative estimate of drug-likeness (QED) is 0.390. The summed E-state index contributed by atoms with van der Waals surface area (Å²) in [5.41, 5.74) is 0. The SMILES string of the molecule is [AsH6+3].[Cl-].[Cl-].[Cl-].[Cl-].[Cl-].[Fe+2]. The van der Waals surface area contributed by atoms with Crippen LogP contribution < -0.4 is 62.0 Å². The van der Waals surface area contributed by atoms with Crippen LogP contribution >= 0.6 is 0 Å². The first-order valence-electron chi connectivity index (χ1n) is 0. The van der Waals surface area contributed by atoms with Gasteiger partial charge in [-0.25, -0.2) is 0 Å². The number of hydrogen-bond donors (Lipinski definition) is 0. The summed E-state index contributed by atoms with van der Waals surface area (Å²) in [6.45, 7) is 0. The second-order valence-corrected chi connectivity index (χ2v) is 0. The average Bonchev–Trinajstić information content (AvgIpc) is 0. The fraction of sp³-hybridized carbons (Fsp3) is 0. The fourth-order valence-corrected chi connectivity index (χ4v) is 0. The molecule has 0 rings (SSSR count). The second kappa shape index (κ2) is 75.6. The Kier molecular flexibility index (Phi) is 1170. The molecule has 0 aliphatic heterocycles. The molecular weight excluding hydrogens is 308 g/mol. The van der Waals surface area contributed by atoms with E-state index in [1.165, 1.54) is 0 Å². The molecule has 0 aromatic carbocycles. The molecule has 0 radical (unpaired) electrons. The zero-order valence-electron chi connectivity index (χ0n) is 2.24. The molecule has 7 heavy (non-hydrogen) atoms. The van der Waals surface area contributed by atoms with Crippen LogP contribution in [0.25, 0.3) is 0 Å². The molecule has 0 saturated heterocycles. The van der Waals surface area contributed by atoms with Gasteiger partial charge in [-0.05, 0) is 0 Å². The minimum atomic E-state index is 0. The average molecular weight is 314 g/mol. The number of hydrogen-bond acceptors (Lipinski definition) is 0. The summed E-state index contributed by atoms with van der Waals surface area (Å²) in [5, 5.41) is 0. The maximum Gasteiger partial charge on any atom is 2.00 e. The number of rotatable bonds is 0. The predicted octanol–water partition coefficient (Wildman–Crippen LogP) is -17.0. The molecule has 0 bridgehead atoms. The van der Waals surface area contributed by atoms with Crippen LogP contribution in [0.2, 0.25) is 0 Å². The summed E-state index contributed by atoms with van der Waals surface area (Å²) in [4.78, 5) is 0. The second-order valence-electron chi connectivity index (χ2n) is 0. The van der Waals surface area contributed by atoms with Crippen molar-refractivity contribution in [2.45, 2.75) is 0 Å². The summed E-state index contributed by atoms with van der Waals surface area (Å²) < 4.78 is 0. The maximum absolute atomic E-state index is 0. The van der Waals surface area contributed by atoms with Crippen molar-refractivity contribution in [3.8, 4) is 0 Å². The van der Waals surface area contributed by atoms with Gasteiger partial charge >= 0.3 is 35.0 Å². The van der Waals surface area contributed by atoms with Gasteiger partial charge in [0.1, 0.15) is 0 Å². The van der Waals surface area contributed by atoms with Gasteiger partial charge in [0, 0.05) is 0 Å². The van der Waals surface area contributed by atoms with Crippen molar-refractivity contribution in [2.75, 3.05) is 0 Å². The molecule has 0 aromatic rings. The largest absolute Gasteiger partial charge is 2.00 e. The molecule has 0 atom stereocenters. The minimum Gasteiger partial charge on any atom is -1.00 e. The van der Waals surface area contributed by atoms with E-state index < -0.39 is 0 Å². The standard InChI is InChI=1S/AsH6.5ClH.Fe/h1H6;5*1H;/q+3;;;;;;+2/p-5. The molecule has 0 aliphatic rings. The van der Waals surface area contributed by atoms with E-state index in [1.54, 1.807) is 0 Å². The molecule has 0 aromatic heterocycles. The van der Waals surface area contributed by atoms with Gasteiger partial charge in [-0.3, -0.25) is 0 Å². The monoisotopic (exact) mass is 312 g/mol. The molecule has 0 nitrogen and oxygen atoms in total. The maximum atomic E-state index is 0. The van der Waals surface area contributed by atoms with Crippen molar-refractivity contribution >= 4 is 18.0 Å². The number of halogens is 5. The van der Waals surface area contributed by atoms with Crippen molar-refractivity contribution in [3.63, 3.8) is 0 Å². The zero-order valence-corrected chi connectivity index (χ0v) is 7.13. The Morgan fingerprint density at radius 1 is 0.429 bits per heavy atom. The molecule has 0 amide bonds. The van der Waals surface area contributed by atoms with Gasteiger partial charge in [0.15, 0.2) is 0 Å². The molecular formula is H6AsCl5Fe. The van der Waals surface area contributed by atoms with E-state index in [9.17, 15) is 0 Å². The minimum absolute atomic E-state index is 0. The van der Waals surface area contributed by atoms with Crippen LogP contribution in [0.1, 0.15) is 0 Å². The smallest absolute Gasteiger partial charge is 1.00 e. The van der Waals surface area contributed by atoms with E-state index in [2.05, 4.69) is 0 Å². The van der Waals surface area contributed by atoms with Gasteiger partial charge in [0.05, 0.1) is 0 Å². The van der Waals surface area contributed by atoms with Crippen molar-refractivity contribution in [1.29, 1.82) is 0 Å². The van der Waals surface area contributed by atoms with E-state index >= 15 is 0 Å². The third kappa shape index (κ3) is 56.9. The van der Waals surface area contributed by atoms with Crippen LogP contribution in [-0.4, -0.2) is 18.0 Å². The van der Waals surface area contributed by atoms with E-state index in [4.69, 9.17) is 0 Å². The van der Waals surface area contributed by atoms with Crippen molar-refractivity contribution in [1.82, 2.24) is 0 Å². The zero-order chi connectivity index (χ0) is 0. The predicted molar refractivity (Wildman–Crippen MR) is 14.1 cm³/mol. The van der Waals surface area contributed by atoms with E-state index in [0.29, 0.717) is 0 Å². The third-order valence-corrected chi connectivity index (χ3v) is 0. The van der Waals surface area contributed by atoms with E-state index in [0.717, 1.165) is 0 Å². The van der Waals surface area contributed by atoms with Crippen LogP contribution in [0.5, 0.6) is 0 Å². The molecule has 0 aliphatic carbocycles. The van der Waals surface area contributed by atoms with Gasteiger partial charge in [-0.2, -0.15) is 0 Å². The normalized spacial score (nSPS) is 0. The molecule has 7 heteroatoms. The Bertz CT molecular complexity index is 8.04. The first kappa shape index (κ1) is 108. The van der Waals surface area contributed by atoms with Gasteiger partial charge in [0.2, 0.25) is 0 Å². The molecule has 0 unspecified atom stereocenters. The summed E-state index contributed by atoms with van der Waals surface area (Å²) in [6.07, 6.45) is 0. The summed E-state index contributed by atoms with van der Waals surface area (Å²) in [6, 6.07) is 0. The molecule has 0 saturated carbocycles. The molecule has 0 spiro atoms. The Balaban J connectivity index is 0. The fourth-order valence-electron chi connectivity index (χ4n) is 0. The Morgan fingerprint density at radius 3 is 0.429 bits per heavy atom. The van der Waals surface area contributed by atoms with Gasteiger partial charge in [-0.1, -0.05) is 0 Å². The van der Waals surface area contributed by atoms with Crippen LogP contribution in [0, 0.1) is 0 Å². The summed E-state index contributed by atoms with van der Waals surface area (Å²) >= 11 is 0. The van der Waals surface area contributed by atoms with Crippen molar-refractivity contribution < 1.29 is 79.1 Å².